The Hall–Kier alpha value is -5.66. The van der Waals surface area contributed by atoms with Gasteiger partial charge in [0, 0.05) is 42.6 Å². The van der Waals surface area contributed by atoms with Crippen LogP contribution < -0.4 is 27.2 Å². The van der Waals surface area contributed by atoms with Crippen molar-refractivity contribution >= 4 is 28.7 Å². The van der Waals surface area contributed by atoms with Gasteiger partial charge in [0.1, 0.15) is 0 Å². The number of pyridine rings is 1. The third-order valence-corrected chi connectivity index (χ3v) is 6.33. The molecule has 0 aliphatic heterocycles. The fourth-order valence-electron chi connectivity index (χ4n) is 4.28. The Labute approximate surface area is 234 Å². The molecule has 5 rings (SSSR count). The monoisotopic (exact) mass is 577 g/mol. The third-order valence-electron chi connectivity index (χ3n) is 6.33. The van der Waals surface area contributed by atoms with Crippen molar-refractivity contribution in [1.29, 1.82) is 0 Å². The molecule has 5 aromatic rings. The first-order valence-corrected chi connectivity index (χ1v) is 12.4. The van der Waals surface area contributed by atoms with Crippen LogP contribution in [-0.4, -0.2) is 31.1 Å². The largest absolute Gasteiger partial charge is 0.418 e. The number of hydrogen-bond donors (Lipinski definition) is 4. The van der Waals surface area contributed by atoms with Crippen molar-refractivity contribution in [3.63, 3.8) is 0 Å². The van der Waals surface area contributed by atoms with E-state index in [1.54, 1.807) is 37.3 Å². The number of anilines is 1. The standard InChI is InChI=1S/C28H22F3N7O4/c1-16-4-2-3-5-19(16)24(39)36-38-23-13-22(20(28(29,30)31)12-21(23)35-25(40)26(38)41)37-11-8-17(15-37)14-33-27(42)34-18-6-9-32-10-7-18/h2-13,15H,14H2,1H3,(H,35,40)(H,36,39)(H2,32,33,34,42). The predicted octanol–water partition coefficient (Wildman–Crippen LogP) is 3.91. The number of hydrogen-bond acceptors (Lipinski definition) is 5. The first kappa shape index (κ1) is 27.9. The summed E-state index contributed by atoms with van der Waals surface area (Å²) in [7, 11) is 0. The van der Waals surface area contributed by atoms with Gasteiger partial charge in [-0.1, -0.05) is 18.2 Å². The van der Waals surface area contributed by atoms with Crippen LogP contribution in [0.15, 0.2) is 89.0 Å². The molecule has 0 saturated carbocycles. The van der Waals surface area contributed by atoms with Crippen molar-refractivity contribution in [3.8, 4) is 5.69 Å². The Balaban J connectivity index is 1.51. The highest BCUT2D eigenvalue weighted by Gasteiger charge is 2.35. The lowest BCUT2D eigenvalue weighted by Crippen LogP contribution is -2.42. The minimum atomic E-state index is -4.85. The van der Waals surface area contributed by atoms with Crippen molar-refractivity contribution in [1.82, 2.24) is 24.5 Å². The second kappa shape index (κ2) is 11.1. The number of nitrogens with zero attached hydrogens (tertiary/aromatic N) is 3. The summed E-state index contributed by atoms with van der Waals surface area (Å²) in [6, 6.07) is 12.4. The number of amides is 3. The summed E-state index contributed by atoms with van der Waals surface area (Å²) < 4.78 is 44.3. The molecule has 4 N–H and O–H groups in total. The molecular formula is C28H22F3N7O4. The van der Waals surface area contributed by atoms with E-state index in [4.69, 9.17) is 0 Å². The zero-order chi connectivity index (χ0) is 30.0. The lowest BCUT2D eigenvalue weighted by atomic mass is 10.1. The molecule has 0 aliphatic carbocycles. The first-order valence-electron chi connectivity index (χ1n) is 12.4. The van der Waals surface area contributed by atoms with Crippen LogP contribution in [0.1, 0.15) is 27.0 Å². The van der Waals surface area contributed by atoms with Crippen LogP contribution >= 0.6 is 0 Å². The molecule has 214 valence electrons. The van der Waals surface area contributed by atoms with Crippen LogP contribution in [0, 0.1) is 6.92 Å². The van der Waals surface area contributed by atoms with Crippen molar-refractivity contribution in [2.24, 2.45) is 0 Å². The zero-order valence-electron chi connectivity index (χ0n) is 21.8. The Bertz CT molecular complexity index is 1930. The maximum atomic E-state index is 14.2. The topological polar surface area (TPSA) is 143 Å². The summed E-state index contributed by atoms with van der Waals surface area (Å²) in [5.74, 6) is -0.733. The molecule has 0 aliphatic rings. The minimum Gasteiger partial charge on any atom is -0.334 e. The molecule has 42 heavy (non-hydrogen) atoms. The average molecular weight is 578 g/mol. The average Bonchev–Trinajstić information content (AvgIpc) is 3.43. The Kier molecular flexibility index (Phi) is 7.35. The molecule has 0 fully saturated rings. The van der Waals surface area contributed by atoms with E-state index in [-0.39, 0.29) is 28.8 Å². The van der Waals surface area contributed by atoms with Gasteiger partial charge in [0.15, 0.2) is 0 Å². The van der Waals surface area contributed by atoms with Gasteiger partial charge in [-0.2, -0.15) is 13.2 Å². The van der Waals surface area contributed by atoms with Gasteiger partial charge in [-0.25, -0.2) is 9.47 Å². The number of aryl methyl sites for hydroxylation is 1. The van der Waals surface area contributed by atoms with E-state index in [0.717, 1.165) is 6.07 Å². The number of halogens is 3. The van der Waals surface area contributed by atoms with Gasteiger partial charge in [-0.3, -0.25) is 24.8 Å². The number of benzene rings is 2. The summed E-state index contributed by atoms with van der Waals surface area (Å²) in [5.41, 5.74) is -0.267. The number of H-pyrrole nitrogens is 1. The molecule has 3 amide bonds. The Morgan fingerprint density at radius 2 is 1.76 bits per heavy atom. The van der Waals surface area contributed by atoms with Crippen LogP contribution in [0.4, 0.5) is 23.7 Å². The second-order valence-electron chi connectivity index (χ2n) is 9.21. The highest BCUT2D eigenvalue weighted by atomic mass is 19.4. The first-order chi connectivity index (χ1) is 20.0. The van der Waals surface area contributed by atoms with E-state index < -0.39 is 34.8 Å². The van der Waals surface area contributed by atoms with Gasteiger partial charge in [0.2, 0.25) is 0 Å². The maximum absolute atomic E-state index is 14.2. The summed E-state index contributed by atoms with van der Waals surface area (Å²) in [4.78, 5) is 56.3. The van der Waals surface area contributed by atoms with Crippen LogP contribution in [0.3, 0.4) is 0 Å². The number of rotatable bonds is 6. The highest BCUT2D eigenvalue weighted by molar-refractivity contribution is 6.01. The summed E-state index contributed by atoms with van der Waals surface area (Å²) >= 11 is 0. The molecule has 0 unspecified atom stereocenters. The molecule has 3 heterocycles. The number of aromatic amines is 1. The van der Waals surface area contributed by atoms with E-state index in [1.807, 2.05) is 0 Å². The number of nitrogens with one attached hydrogen (secondary N) is 4. The van der Waals surface area contributed by atoms with Crippen molar-refractivity contribution < 1.29 is 22.8 Å². The van der Waals surface area contributed by atoms with Crippen LogP contribution in [-0.2, 0) is 12.7 Å². The highest BCUT2D eigenvalue weighted by Crippen LogP contribution is 2.36. The van der Waals surface area contributed by atoms with Crippen molar-refractivity contribution in [3.05, 3.63) is 122 Å². The Morgan fingerprint density at radius 1 is 1.02 bits per heavy atom. The fraction of sp³-hybridized carbons (Fsp3) is 0.107. The summed E-state index contributed by atoms with van der Waals surface area (Å²) in [5, 5.41) is 5.22. The van der Waals surface area contributed by atoms with E-state index in [2.05, 4.69) is 26.0 Å². The van der Waals surface area contributed by atoms with Gasteiger partial charge in [0.25, 0.3) is 5.91 Å². The molecule has 3 aromatic heterocycles. The van der Waals surface area contributed by atoms with Crippen LogP contribution in [0.5, 0.6) is 0 Å². The van der Waals surface area contributed by atoms with Crippen LogP contribution in [0.2, 0.25) is 0 Å². The van der Waals surface area contributed by atoms with Gasteiger partial charge in [-0.05, 0) is 54.4 Å². The molecule has 0 atom stereocenters. The van der Waals surface area contributed by atoms with E-state index >= 15 is 0 Å². The zero-order valence-corrected chi connectivity index (χ0v) is 21.8. The van der Waals surface area contributed by atoms with Gasteiger partial charge >= 0.3 is 23.3 Å². The maximum Gasteiger partial charge on any atom is 0.418 e. The minimum absolute atomic E-state index is 0.0106. The van der Waals surface area contributed by atoms with E-state index in [9.17, 15) is 32.3 Å². The van der Waals surface area contributed by atoms with Crippen molar-refractivity contribution in [2.45, 2.75) is 19.6 Å². The number of urea groups is 1. The molecule has 11 nitrogen and oxygen atoms in total. The smallest absolute Gasteiger partial charge is 0.334 e. The Morgan fingerprint density at radius 3 is 2.48 bits per heavy atom. The van der Waals surface area contributed by atoms with Crippen molar-refractivity contribution in [2.75, 3.05) is 10.7 Å². The summed E-state index contributed by atoms with van der Waals surface area (Å²) in [6.07, 6.45) is 0.887. The second-order valence-corrected chi connectivity index (χ2v) is 9.21. The van der Waals surface area contributed by atoms with Gasteiger partial charge < -0.3 is 20.2 Å². The summed E-state index contributed by atoms with van der Waals surface area (Å²) in [6.45, 7) is 1.66. The number of fused-ring (bicyclic) bond motifs is 1. The molecule has 2 aromatic carbocycles. The molecule has 0 bridgehead atoms. The van der Waals surface area contributed by atoms with Crippen LogP contribution in [0.25, 0.3) is 16.7 Å². The quantitative estimate of drug-likeness (QED) is 0.227. The number of alkyl halides is 3. The SMILES string of the molecule is Cc1ccccc1C(=O)Nn1c(=O)c(=O)[nH]c2cc(C(F)(F)F)c(-n3ccc(CNC(=O)Nc4ccncc4)c3)cc21. The molecule has 14 heteroatoms. The normalized spacial score (nSPS) is 11.3. The lowest BCUT2D eigenvalue weighted by Gasteiger charge is -2.18. The fourth-order valence-corrected chi connectivity index (χ4v) is 4.28. The molecular weight excluding hydrogens is 555 g/mol. The van der Waals surface area contributed by atoms with E-state index in [0.29, 0.717) is 27.6 Å². The van der Waals surface area contributed by atoms with E-state index in [1.165, 1.54) is 41.5 Å². The molecule has 0 radical (unpaired) electrons. The third kappa shape index (κ3) is 5.77. The number of carbonyl (C=O) groups is 2. The lowest BCUT2D eigenvalue weighted by molar-refractivity contribution is -0.137. The predicted molar refractivity (Wildman–Crippen MR) is 148 cm³/mol. The molecule has 0 saturated heterocycles. The van der Waals surface area contributed by atoms with Gasteiger partial charge in [0.05, 0.1) is 22.3 Å². The molecule has 0 spiro atoms. The number of carbonyl (C=O) groups excluding carboxylic acids is 2. The number of aromatic nitrogens is 4. The van der Waals surface area contributed by atoms with Gasteiger partial charge in [-0.15, -0.1) is 0 Å².